The van der Waals surface area contributed by atoms with Crippen LogP contribution in [-0.4, -0.2) is 62.7 Å². The SMILES string of the molecule is O=C1CN(c2c(O)cc3c(c2F)C[C@H](CNCC(O)C(F)F)N3)S(=O)(=O)N1. The summed E-state index contributed by atoms with van der Waals surface area (Å²) in [6.07, 6.45) is -4.63. The summed E-state index contributed by atoms with van der Waals surface area (Å²) in [5.41, 5.74) is -0.306. The fourth-order valence-electron chi connectivity index (χ4n) is 3.01. The molecule has 1 aromatic carbocycles. The van der Waals surface area contributed by atoms with Crippen LogP contribution < -0.4 is 19.7 Å². The lowest BCUT2D eigenvalue weighted by Crippen LogP contribution is -2.38. The molecule has 13 heteroatoms. The number of carbonyl (C=O) groups is 1. The van der Waals surface area contributed by atoms with Gasteiger partial charge in [0, 0.05) is 36.4 Å². The van der Waals surface area contributed by atoms with Gasteiger partial charge in [0.05, 0.1) is 0 Å². The second kappa shape index (κ2) is 7.05. The van der Waals surface area contributed by atoms with Gasteiger partial charge < -0.3 is 20.8 Å². The predicted molar refractivity (Wildman–Crippen MR) is 88.5 cm³/mol. The molecule has 2 aliphatic heterocycles. The van der Waals surface area contributed by atoms with Gasteiger partial charge in [-0.3, -0.25) is 4.79 Å². The van der Waals surface area contributed by atoms with Crippen molar-refractivity contribution in [3.8, 4) is 5.75 Å². The molecule has 0 aliphatic carbocycles. The number of alkyl halides is 2. The summed E-state index contributed by atoms with van der Waals surface area (Å²) in [4.78, 5) is 11.3. The standard InChI is InChI=1S/C14H17F3N4O5S/c15-12-7-1-6(3-18-4-10(23)14(16)17)19-8(7)2-9(22)13(12)21-5-11(24)20-27(21,25)26/h2,6,10,14,18-19,22-23H,1,3-5H2,(H,20,24)/t6-,10?/m1/s1. The van der Waals surface area contributed by atoms with E-state index in [1.165, 1.54) is 0 Å². The first-order chi connectivity index (χ1) is 12.6. The minimum absolute atomic E-state index is 0.0848. The summed E-state index contributed by atoms with van der Waals surface area (Å²) in [6, 6.07) is 0.712. The van der Waals surface area contributed by atoms with Gasteiger partial charge >= 0.3 is 10.2 Å². The number of halogens is 3. The molecule has 1 saturated heterocycles. The summed E-state index contributed by atoms with van der Waals surface area (Å²) < 4.78 is 65.4. The van der Waals surface area contributed by atoms with Gasteiger partial charge in [-0.05, 0) is 6.42 Å². The molecule has 5 N–H and O–H groups in total. The smallest absolute Gasteiger partial charge is 0.326 e. The number of aliphatic hydroxyl groups is 1. The summed E-state index contributed by atoms with van der Waals surface area (Å²) in [7, 11) is -4.29. The third-order valence-corrected chi connectivity index (χ3v) is 5.61. The number of aromatic hydroxyl groups is 1. The summed E-state index contributed by atoms with van der Waals surface area (Å²) in [5, 5.41) is 24.6. The van der Waals surface area contributed by atoms with E-state index in [2.05, 4.69) is 10.6 Å². The molecule has 2 heterocycles. The molecular formula is C14H17F3N4O5S. The largest absolute Gasteiger partial charge is 0.506 e. The number of amides is 1. The molecule has 0 aromatic heterocycles. The number of carbonyl (C=O) groups excluding carboxylic acids is 1. The van der Waals surface area contributed by atoms with E-state index in [-0.39, 0.29) is 30.8 Å². The van der Waals surface area contributed by atoms with Crippen molar-refractivity contribution in [2.75, 3.05) is 29.3 Å². The Morgan fingerprint density at radius 3 is 2.70 bits per heavy atom. The quantitative estimate of drug-likeness (QED) is 0.418. The number of anilines is 2. The van der Waals surface area contributed by atoms with E-state index in [0.717, 1.165) is 6.07 Å². The molecule has 0 spiro atoms. The lowest BCUT2D eigenvalue weighted by molar-refractivity contribution is -0.117. The van der Waals surface area contributed by atoms with Gasteiger partial charge in [-0.2, -0.15) is 8.42 Å². The average Bonchev–Trinajstić information content (AvgIpc) is 3.07. The van der Waals surface area contributed by atoms with Crippen LogP contribution in [-0.2, 0) is 21.4 Å². The molecular weight excluding hydrogens is 393 g/mol. The van der Waals surface area contributed by atoms with Crippen LogP contribution in [0, 0.1) is 5.82 Å². The molecule has 1 fully saturated rings. The first-order valence-corrected chi connectivity index (χ1v) is 9.35. The molecule has 0 bridgehead atoms. The Bertz CT molecular complexity index is 867. The van der Waals surface area contributed by atoms with Gasteiger partial charge in [-0.1, -0.05) is 0 Å². The average molecular weight is 410 g/mol. The maximum Gasteiger partial charge on any atom is 0.326 e. The highest BCUT2D eigenvalue weighted by Gasteiger charge is 2.39. The van der Waals surface area contributed by atoms with Crippen molar-refractivity contribution in [3.63, 3.8) is 0 Å². The Kier molecular flexibility index (Phi) is 5.10. The van der Waals surface area contributed by atoms with Gasteiger partial charge in [0.2, 0.25) is 0 Å². The van der Waals surface area contributed by atoms with Crippen LogP contribution in [0.1, 0.15) is 5.56 Å². The Morgan fingerprint density at radius 2 is 2.11 bits per heavy atom. The minimum Gasteiger partial charge on any atom is -0.506 e. The molecule has 0 saturated carbocycles. The lowest BCUT2D eigenvalue weighted by atomic mass is 10.1. The van der Waals surface area contributed by atoms with Crippen molar-refractivity contribution in [1.29, 1.82) is 0 Å². The monoisotopic (exact) mass is 410 g/mol. The van der Waals surface area contributed by atoms with Crippen molar-refractivity contribution >= 4 is 27.5 Å². The van der Waals surface area contributed by atoms with E-state index < -0.39 is 58.5 Å². The molecule has 2 aliphatic rings. The maximum atomic E-state index is 14.9. The Morgan fingerprint density at radius 1 is 1.41 bits per heavy atom. The number of nitrogens with zero attached hydrogens (tertiary/aromatic N) is 1. The van der Waals surface area contributed by atoms with Crippen LogP contribution in [0.4, 0.5) is 24.5 Å². The molecule has 1 amide bonds. The second-order valence-corrected chi connectivity index (χ2v) is 7.82. The van der Waals surface area contributed by atoms with Crippen molar-refractivity contribution < 1.29 is 36.6 Å². The molecule has 27 heavy (non-hydrogen) atoms. The zero-order valence-corrected chi connectivity index (χ0v) is 14.6. The topological polar surface area (TPSA) is 131 Å². The van der Waals surface area contributed by atoms with E-state index in [0.29, 0.717) is 4.31 Å². The van der Waals surface area contributed by atoms with E-state index >= 15 is 0 Å². The maximum absolute atomic E-state index is 14.9. The van der Waals surface area contributed by atoms with Crippen molar-refractivity contribution in [2.24, 2.45) is 0 Å². The molecule has 0 radical (unpaired) electrons. The van der Waals surface area contributed by atoms with Crippen LogP contribution in [0.25, 0.3) is 0 Å². The first kappa shape index (κ1) is 19.5. The molecule has 150 valence electrons. The molecule has 1 aromatic rings. The lowest BCUT2D eigenvalue weighted by Gasteiger charge is -2.18. The number of hydrogen-bond donors (Lipinski definition) is 5. The van der Waals surface area contributed by atoms with Gasteiger partial charge in [0.15, 0.2) is 5.82 Å². The number of hydrogen-bond acceptors (Lipinski definition) is 7. The first-order valence-electron chi connectivity index (χ1n) is 7.91. The highest BCUT2D eigenvalue weighted by atomic mass is 32.2. The van der Waals surface area contributed by atoms with Crippen molar-refractivity contribution in [3.05, 3.63) is 17.4 Å². The highest BCUT2D eigenvalue weighted by Crippen LogP contribution is 2.41. The van der Waals surface area contributed by atoms with Crippen LogP contribution in [0.15, 0.2) is 6.07 Å². The van der Waals surface area contributed by atoms with Gasteiger partial charge in [-0.15, -0.1) is 0 Å². The molecule has 3 rings (SSSR count). The van der Waals surface area contributed by atoms with Crippen LogP contribution in [0.2, 0.25) is 0 Å². The zero-order valence-electron chi connectivity index (χ0n) is 13.7. The fourth-order valence-corrected chi connectivity index (χ4v) is 4.18. The van der Waals surface area contributed by atoms with Crippen LogP contribution >= 0.6 is 0 Å². The number of phenols is 1. The number of benzene rings is 1. The highest BCUT2D eigenvalue weighted by molar-refractivity contribution is 7.92. The van der Waals surface area contributed by atoms with E-state index in [9.17, 15) is 31.5 Å². The number of phenolic OH excluding ortho intramolecular Hbond substituents is 1. The molecule has 1 unspecified atom stereocenters. The summed E-state index contributed by atoms with van der Waals surface area (Å²) in [5.74, 6) is -2.51. The summed E-state index contributed by atoms with van der Waals surface area (Å²) in [6.45, 7) is -0.892. The van der Waals surface area contributed by atoms with Gasteiger partial charge in [0.1, 0.15) is 24.1 Å². The minimum atomic E-state index is -4.29. The number of rotatable bonds is 6. The van der Waals surface area contributed by atoms with Crippen molar-refractivity contribution in [1.82, 2.24) is 10.0 Å². The Labute approximate surface area is 152 Å². The van der Waals surface area contributed by atoms with Gasteiger partial charge in [0.25, 0.3) is 12.3 Å². The molecule has 2 atom stereocenters. The number of nitrogens with one attached hydrogen (secondary N) is 3. The number of fused-ring (bicyclic) bond motifs is 1. The van der Waals surface area contributed by atoms with Crippen molar-refractivity contribution in [2.45, 2.75) is 25.0 Å². The fraction of sp³-hybridized carbons (Fsp3) is 0.500. The Hall–Kier alpha value is -2.25. The predicted octanol–water partition coefficient (Wildman–Crippen LogP) is -0.736. The number of aliphatic hydroxyl groups excluding tert-OH is 1. The van der Waals surface area contributed by atoms with Crippen LogP contribution in [0.3, 0.4) is 0 Å². The normalized spacial score (nSPS) is 21.9. The third-order valence-electron chi connectivity index (χ3n) is 4.24. The van der Waals surface area contributed by atoms with E-state index in [4.69, 9.17) is 5.11 Å². The third kappa shape index (κ3) is 3.75. The Balaban J connectivity index is 1.77. The van der Waals surface area contributed by atoms with Crippen LogP contribution in [0.5, 0.6) is 5.75 Å². The zero-order chi connectivity index (χ0) is 19.9. The van der Waals surface area contributed by atoms with E-state index in [1.54, 1.807) is 4.72 Å². The summed E-state index contributed by atoms with van der Waals surface area (Å²) >= 11 is 0. The van der Waals surface area contributed by atoms with Gasteiger partial charge in [-0.25, -0.2) is 22.2 Å². The second-order valence-electron chi connectivity index (χ2n) is 6.23. The molecule has 9 nitrogen and oxygen atoms in total. The van der Waals surface area contributed by atoms with E-state index in [1.807, 2.05) is 0 Å².